The first kappa shape index (κ1) is 15.0. The molecule has 1 atom stereocenters. The Hall–Kier alpha value is -1.04. The summed E-state index contributed by atoms with van der Waals surface area (Å²) in [6.45, 7) is 10.6. The van der Waals surface area contributed by atoms with Crippen molar-refractivity contribution in [1.82, 2.24) is 14.8 Å². The van der Waals surface area contributed by atoms with Gasteiger partial charge in [-0.1, -0.05) is 39.5 Å². The van der Waals surface area contributed by atoms with E-state index in [1.54, 1.807) is 0 Å². The van der Waals surface area contributed by atoms with Gasteiger partial charge >= 0.3 is 5.97 Å². The summed E-state index contributed by atoms with van der Waals surface area (Å²) < 4.78 is 2.06. The molecule has 0 saturated heterocycles. The predicted molar refractivity (Wildman–Crippen MR) is 71.9 cm³/mol. The van der Waals surface area contributed by atoms with Crippen LogP contribution in [0.25, 0.3) is 0 Å². The fourth-order valence-electron chi connectivity index (χ4n) is 1.55. The molecule has 1 unspecified atom stereocenters. The van der Waals surface area contributed by atoms with Gasteiger partial charge < -0.3 is 9.67 Å². The minimum Gasteiger partial charge on any atom is -0.481 e. The largest absolute Gasteiger partial charge is 0.481 e. The number of carboxylic acid groups (broad SMARTS) is 1. The summed E-state index contributed by atoms with van der Waals surface area (Å²) in [5, 5.41) is 17.7. The Balaban J connectivity index is 3.06. The van der Waals surface area contributed by atoms with Gasteiger partial charge in [-0.15, -0.1) is 10.2 Å². The van der Waals surface area contributed by atoms with E-state index in [2.05, 4.69) is 42.5 Å². The van der Waals surface area contributed by atoms with Crippen molar-refractivity contribution in [3.8, 4) is 0 Å². The van der Waals surface area contributed by atoms with E-state index < -0.39 is 5.97 Å². The molecule has 6 heteroatoms. The highest BCUT2D eigenvalue weighted by Crippen LogP contribution is 2.34. The van der Waals surface area contributed by atoms with Gasteiger partial charge in [-0.25, -0.2) is 0 Å². The Kier molecular flexibility index (Phi) is 4.78. The van der Waals surface area contributed by atoms with Crippen LogP contribution in [0.2, 0.25) is 0 Å². The molecule has 1 rings (SSSR count). The Labute approximate surface area is 112 Å². The number of thioether (sulfide) groups is 1. The van der Waals surface area contributed by atoms with Crippen molar-refractivity contribution in [3.05, 3.63) is 5.82 Å². The van der Waals surface area contributed by atoms with Crippen molar-refractivity contribution in [2.75, 3.05) is 5.75 Å². The van der Waals surface area contributed by atoms with E-state index in [-0.39, 0.29) is 17.2 Å². The summed E-state index contributed by atoms with van der Waals surface area (Å²) in [5.41, 5.74) is 0.0742. The monoisotopic (exact) mass is 271 g/mol. The lowest BCUT2D eigenvalue weighted by atomic mass is 9.88. The van der Waals surface area contributed by atoms with Crippen molar-refractivity contribution in [1.29, 1.82) is 0 Å². The van der Waals surface area contributed by atoms with Crippen LogP contribution in [0.3, 0.4) is 0 Å². The number of hydrogen-bond donors (Lipinski definition) is 1. The van der Waals surface area contributed by atoms with Gasteiger partial charge in [0.25, 0.3) is 0 Å². The van der Waals surface area contributed by atoms with Crippen LogP contribution in [0.1, 0.15) is 46.5 Å². The molecule has 0 bridgehead atoms. The maximum atomic E-state index is 10.6. The summed E-state index contributed by atoms with van der Waals surface area (Å²) in [7, 11) is 0. The molecule has 0 spiro atoms. The van der Waals surface area contributed by atoms with Crippen molar-refractivity contribution < 1.29 is 9.90 Å². The third-order valence-corrected chi connectivity index (χ3v) is 3.94. The molecular formula is C12H21N3O2S. The number of rotatable bonds is 5. The van der Waals surface area contributed by atoms with Gasteiger partial charge in [0.1, 0.15) is 5.82 Å². The summed E-state index contributed by atoms with van der Waals surface area (Å²) in [6.07, 6.45) is 0.793. The fraction of sp³-hybridized carbons (Fsp3) is 0.750. The van der Waals surface area contributed by atoms with Crippen LogP contribution < -0.4 is 0 Å². The molecule has 0 radical (unpaired) electrons. The molecular weight excluding hydrogens is 250 g/mol. The molecule has 0 saturated carbocycles. The molecule has 1 N–H and O–H groups in total. The molecule has 102 valence electrons. The Bertz CT molecular complexity index is 423. The molecule has 0 fully saturated rings. The Morgan fingerprint density at radius 3 is 2.50 bits per heavy atom. The van der Waals surface area contributed by atoms with E-state index >= 15 is 0 Å². The topological polar surface area (TPSA) is 68.0 Å². The van der Waals surface area contributed by atoms with Crippen LogP contribution in [0.5, 0.6) is 0 Å². The lowest BCUT2D eigenvalue weighted by molar-refractivity contribution is -0.133. The Morgan fingerprint density at radius 1 is 1.44 bits per heavy atom. The first-order chi connectivity index (χ1) is 8.27. The first-order valence-electron chi connectivity index (χ1n) is 6.05. The van der Waals surface area contributed by atoms with E-state index in [1.807, 2.05) is 6.92 Å². The number of nitrogens with zero attached hydrogens (tertiary/aromatic N) is 3. The highest BCUT2D eigenvalue weighted by atomic mass is 32.2. The number of aryl methyl sites for hydroxylation is 1. The van der Waals surface area contributed by atoms with Crippen molar-refractivity contribution in [2.45, 2.75) is 52.2 Å². The zero-order valence-electron chi connectivity index (χ0n) is 11.6. The van der Waals surface area contributed by atoms with Crippen molar-refractivity contribution in [2.24, 2.45) is 5.41 Å². The molecule has 5 nitrogen and oxygen atoms in total. The lowest BCUT2D eigenvalue weighted by Gasteiger charge is -2.30. The van der Waals surface area contributed by atoms with Gasteiger partial charge in [0.05, 0.1) is 5.75 Å². The number of aliphatic carboxylic acids is 1. The standard InChI is InChI=1S/C12H21N3O2S/c1-6-9-13-14-11(18-7-10(16)17)15(9)8(2)12(3,4)5/h8H,6-7H2,1-5H3,(H,16,17). The lowest BCUT2D eigenvalue weighted by Crippen LogP contribution is -2.24. The van der Waals surface area contributed by atoms with E-state index in [0.717, 1.165) is 12.2 Å². The smallest absolute Gasteiger partial charge is 0.313 e. The second kappa shape index (κ2) is 5.73. The molecule has 1 aromatic rings. The summed E-state index contributed by atoms with van der Waals surface area (Å²) in [6, 6.07) is 0.221. The average Bonchev–Trinajstić information content (AvgIpc) is 2.66. The van der Waals surface area contributed by atoms with Gasteiger partial charge in [-0.2, -0.15) is 0 Å². The quantitative estimate of drug-likeness (QED) is 0.834. The van der Waals surface area contributed by atoms with Gasteiger partial charge in [-0.3, -0.25) is 4.79 Å². The predicted octanol–water partition coefficient (Wildman–Crippen LogP) is 2.62. The molecule has 0 aliphatic carbocycles. The Morgan fingerprint density at radius 2 is 2.06 bits per heavy atom. The van der Waals surface area contributed by atoms with E-state index in [4.69, 9.17) is 5.11 Å². The first-order valence-corrected chi connectivity index (χ1v) is 7.04. The van der Waals surface area contributed by atoms with E-state index in [0.29, 0.717) is 5.16 Å². The van der Waals surface area contributed by atoms with Gasteiger partial charge in [0.15, 0.2) is 5.16 Å². The molecule has 0 amide bonds. The number of carbonyl (C=O) groups is 1. The minimum atomic E-state index is -0.837. The maximum Gasteiger partial charge on any atom is 0.313 e. The summed E-state index contributed by atoms with van der Waals surface area (Å²) >= 11 is 1.23. The van der Waals surface area contributed by atoms with Gasteiger partial charge in [0, 0.05) is 12.5 Å². The second-order valence-corrected chi connectivity index (χ2v) is 6.29. The van der Waals surface area contributed by atoms with Crippen LogP contribution >= 0.6 is 11.8 Å². The van der Waals surface area contributed by atoms with Crippen LogP contribution in [0, 0.1) is 5.41 Å². The molecule has 0 aliphatic rings. The summed E-state index contributed by atoms with van der Waals surface area (Å²) in [4.78, 5) is 10.6. The minimum absolute atomic E-state index is 0.0126. The molecule has 0 aromatic carbocycles. The van der Waals surface area contributed by atoms with E-state index in [1.165, 1.54) is 11.8 Å². The molecule has 0 aliphatic heterocycles. The van der Waals surface area contributed by atoms with E-state index in [9.17, 15) is 4.79 Å². The van der Waals surface area contributed by atoms with Gasteiger partial charge in [0.2, 0.25) is 0 Å². The zero-order chi connectivity index (χ0) is 13.9. The number of hydrogen-bond acceptors (Lipinski definition) is 4. The number of aromatic nitrogens is 3. The normalized spacial score (nSPS) is 13.6. The molecule has 1 aromatic heterocycles. The highest BCUT2D eigenvalue weighted by molar-refractivity contribution is 7.99. The second-order valence-electron chi connectivity index (χ2n) is 5.35. The van der Waals surface area contributed by atoms with Crippen molar-refractivity contribution >= 4 is 17.7 Å². The molecule has 18 heavy (non-hydrogen) atoms. The van der Waals surface area contributed by atoms with Crippen molar-refractivity contribution in [3.63, 3.8) is 0 Å². The fourth-order valence-corrected chi connectivity index (χ4v) is 2.30. The van der Waals surface area contributed by atoms with Crippen LogP contribution in [0.15, 0.2) is 5.16 Å². The van der Waals surface area contributed by atoms with Crippen LogP contribution in [-0.2, 0) is 11.2 Å². The SMILES string of the molecule is CCc1nnc(SCC(=O)O)n1C(C)C(C)(C)C. The number of carboxylic acids is 1. The zero-order valence-corrected chi connectivity index (χ0v) is 12.4. The average molecular weight is 271 g/mol. The molecule has 1 heterocycles. The third-order valence-electron chi connectivity index (χ3n) is 3.02. The third kappa shape index (κ3) is 3.48. The maximum absolute atomic E-state index is 10.6. The van der Waals surface area contributed by atoms with Crippen LogP contribution in [-0.4, -0.2) is 31.6 Å². The summed E-state index contributed by atoms with van der Waals surface area (Å²) in [5.74, 6) is 0.0833. The highest BCUT2D eigenvalue weighted by Gasteiger charge is 2.26. The van der Waals surface area contributed by atoms with Gasteiger partial charge in [-0.05, 0) is 12.3 Å². The van der Waals surface area contributed by atoms with Crippen LogP contribution in [0.4, 0.5) is 0 Å².